The van der Waals surface area contributed by atoms with Crippen molar-refractivity contribution in [1.82, 2.24) is 0 Å². The third-order valence-electron chi connectivity index (χ3n) is 3.30. The largest absolute Gasteiger partial charge is 0.493 e. The molecule has 110 valence electrons. The molecular weight excluding hydrogens is 408 g/mol. The highest BCUT2D eigenvalue weighted by Crippen LogP contribution is 2.33. The molecule has 0 aliphatic carbocycles. The second kappa shape index (κ2) is 5.93. The molecule has 0 radical (unpaired) electrons. The minimum Gasteiger partial charge on any atom is -0.493 e. The van der Waals surface area contributed by atoms with Gasteiger partial charge in [0, 0.05) is 29.1 Å². The molecule has 0 saturated carbocycles. The van der Waals surface area contributed by atoms with E-state index in [0.717, 1.165) is 39.9 Å². The average Bonchev–Trinajstić information content (AvgIpc) is 2.89. The van der Waals surface area contributed by atoms with Gasteiger partial charge in [-0.15, -0.1) is 0 Å². The molecular formula is C15H11Br2F2NO. The molecule has 2 aromatic rings. The SMILES string of the molecule is Fc1cc(NCc2cc(Br)cc3c2OCC3)c(F)cc1Br. The summed E-state index contributed by atoms with van der Waals surface area (Å²) in [6.45, 7) is 1.01. The van der Waals surface area contributed by atoms with Crippen LogP contribution in [0.3, 0.4) is 0 Å². The lowest BCUT2D eigenvalue weighted by Gasteiger charge is -2.12. The van der Waals surface area contributed by atoms with E-state index in [1.54, 1.807) is 0 Å². The van der Waals surface area contributed by atoms with Gasteiger partial charge >= 0.3 is 0 Å². The predicted molar refractivity (Wildman–Crippen MR) is 84.7 cm³/mol. The van der Waals surface area contributed by atoms with Crippen molar-refractivity contribution >= 4 is 37.5 Å². The summed E-state index contributed by atoms with van der Waals surface area (Å²) in [6.07, 6.45) is 0.864. The smallest absolute Gasteiger partial charge is 0.147 e. The van der Waals surface area contributed by atoms with Gasteiger partial charge in [-0.2, -0.15) is 0 Å². The number of nitrogens with one attached hydrogen (secondary N) is 1. The molecule has 0 atom stereocenters. The van der Waals surface area contributed by atoms with Crippen molar-refractivity contribution in [2.24, 2.45) is 0 Å². The molecule has 0 amide bonds. The number of hydrogen-bond acceptors (Lipinski definition) is 2. The van der Waals surface area contributed by atoms with Crippen LogP contribution in [0.25, 0.3) is 0 Å². The third kappa shape index (κ3) is 3.06. The number of benzene rings is 2. The molecule has 1 N–H and O–H groups in total. The Labute approximate surface area is 137 Å². The zero-order valence-corrected chi connectivity index (χ0v) is 14.0. The van der Waals surface area contributed by atoms with Crippen LogP contribution in [0, 0.1) is 11.6 Å². The Kier molecular flexibility index (Phi) is 4.17. The van der Waals surface area contributed by atoms with Crippen molar-refractivity contribution < 1.29 is 13.5 Å². The molecule has 1 aliphatic rings. The van der Waals surface area contributed by atoms with E-state index in [2.05, 4.69) is 37.2 Å². The topological polar surface area (TPSA) is 21.3 Å². The number of fused-ring (bicyclic) bond motifs is 1. The monoisotopic (exact) mass is 417 g/mol. The fourth-order valence-corrected chi connectivity index (χ4v) is 3.19. The van der Waals surface area contributed by atoms with Crippen LogP contribution in [0.2, 0.25) is 0 Å². The molecule has 1 aliphatic heterocycles. The lowest BCUT2D eigenvalue weighted by atomic mass is 10.1. The van der Waals surface area contributed by atoms with E-state index in [1.165, 1.54) is 0 Å². The van der Waals surface area contributed by atoms with E-state index in [0.29, 0.717) is 13.2 Å². The van der Waals surface area contributed by atoms with Gasteiger partial charge in [0.2, 0.25) is 0 Å². The lowest BCUT2D eigenvalue weighted by Crippen LogP contribution is -2.04. The zero-order chi connectivity index (χ0) is 15.0. The summed E-state index contributed by atoms with van der Waals surface area (Å²) in [6, 6.07) is 6.19. The maximum atomic E-state index is 13.8. The Balaban J connectivity index is 1.84. The van der Waals surface area contributed by atoms with E-state index in [4.69, 9.17) is 4.74 Å². The number of anilines is 1. The number of rotatable bonds is 3. The minimum atomic E-state index is -0.505. The number of ether oxygens (including phenoxy) is 1. The molecule has 21 heavy (non-hydrogen) atoms. The molecule has 1 heterocycles. The summed E-state index contributed by atoms with van der Waals surface area (Å²) in [5, 5.41) is 2.92. The fraction of sp³-hybridized carbons (Fsp3) is 0.200. The Morgan fingerprint density at radius 2 is 1.90 bits per heavy atom. The highest BCUT2D eigenvalue weighted by Gasteiger charge is 2.17. The Morgan fingerprint density at radius 1 is 1.10 bits per heavy atom. The van der Waals surface area contributed by atoms with Gasteiger partial charge in [0.1, 0.15) is 17.4 Å². The van der Waals surface area contributed by atoms with Gasteiger partial charge in [0.05, 0.1) is 16.8 Å². The van der Waals surface area contributed by atoms with E-state index in [1.807, 2.05) is 12.1 Å². The van der Waals surface area contributed by atoms with Crippen molar-refractivity contribution in [1.29, 1.82) is 0 Å². The van der Waals surface area contributed by atoms with Crippen LogP contribution in [0.5, 0.6) is 5.75 Å². The lowest BCUT2D eigenvalue weighted by molar-refractivity contribution is 0.354. The van der Waals surface area contributed by atoms with Crippen molar-refractivity contribution in [2.45, 2.75) is 13.0 Å². The maximum absolute atomic E-state index is 13.8. The zero-order valence-electron chi connectivity index (χ0n) is 10.9. The first-order chi connectivity index (χ1) is 10.0. The summed E-state index contributed by atoms with van der Waals surface area (Å²) in [7, 11) is 0. The number of hydrogen-bond donors (Lipinski definition) is 1. The number of halogens is 4. The van der Waals surface area contributed by atoms with Crippen LogP contribution >= 0.6 is 31.9 Å². The molecule has 2 nitrogen and oxygen atoms in total. The van der Waals surface area contributed by atoms with Crippen LogP contribution in [-0.4, -0.2) is 6.61 Å². The second-order valence-corrected chi connectivity index (χ2v) is 6.52. The normalized spacial score (nSPS) is 13.0. The van der Waals surface area contributed by atoms with Crippen molar-refractivity contribution in [2.75, 3.05) is 11.9 Å². The van der Waals surface area contributed by atoms with Crippen molar-refractivity contribution in [3.63, 3.8) is 0 Å². The molecule has 2 aromatic carbocycles. The summed E-state index contributed by atoms with van der Waals surface area (Å²) in [4.78, 5) is 0. The molecule has 6 heteroatoms. The first kappa shape index (κ1) is 14.8. The standard InChI is InChI=1S/C15H11Br2F2NO/c16-10-3-8-1-2-21-15(8)9(4-10)7-20-14-6-12(18)11(17)5-13(14)19/h3-6,20H,1-2,7H2. The third-order valence-corrected chi connectivity index (χ3v) is 4.37. The highest BCUT2D eigenvalue weighted by molar-refractivity contribution is 9.10. The molecule has 0 fully saturated rings. The van der Waals surface area contributed by atoms with Gasteiger partial charge in [-0.3, -0.25) is 0 Å². The van der Waals surface area contributed by atoms with Gasteiger partial charge in [-0.1, -0.05) is 15.9 Å². The Hall–Kier alpha value is -1.14. The Morgan fingerprint density at radius 3 is 2.71 bits per heavy atom. The maximum Gasteiger partial charge on any atom is 0.147 e. The summed E-state index contributed by atoms with van der Waals surface area (Å²) >= 11 is 6.41. The molecule has 0 saturated heterocycles. The Bertz CT molecular complexity index is 707. The molecule has 3 rings (SSSR count). The summed E-state index contributed by atoms with van der Waals surface area (Å²) in [5.74, 6) is -0.172. The fourth-order valence-electron chi connectivity index (χ4n) is 2.33. The van der Waals surface area contributed by atoms with Gasteiger partial charge in [-0.25, -0.2) is 8.78 Å². The summed E-state index contributed by atoms with van der Waals surface area (Å²) in [5.41, 5.74) is 2.17. The highest BCUT2D eigenvalue weighted by atomic mass is 79.9. The summed E-state index contributed by atoms with van der Waals surface area (Å²) < 4.78 is 33.9. The van der Waals surface area contributed by atoms with Crippen LogP contribution in [0.4, 0.5) is 14.5 Å². The van der Waals surface area contributed by atoms with Gasteiger partial charge in [0.15, 0.2) is 0 Å². The van der Waals surface area contributed by atoms with Crippen LogP contribution in [-0.2, 0) is 13.0 Å². The molecule has 0 aromatic heterocycles. The van der Waals surface area contributed by atoms with Gasteiger partial charge in [-0.05, 0) is 39.7 Å². The average molecular weight is 419 g/mol. The first-order valence-corrected chi connectivity index (χ1v) is 7.95. The predicted octanol–water partition coefficient (Wildman–Crippen LogP) is 5.04. The van der Waals surface area contributed by atoms with E-state index in [-0.39, 0.29) is 10.2 Å². The quantitative estimate of drug-likeness (QED) is 0.705. The van der Waals surface area contributed by atoms with Crippen LogP contribution < -0.4 is 10.1 Å². The molecule has 0 unspecified atom stereocenters. The van der Waals surface area contributed by atoms with Crippen molar-refractivity contribution in [3.05, 3.63) is 56.0 Å². The van der Waals surface area contributed by atoms with E-state index in [9.17, 15) is 8.78 Å². The first-order valence-electron chi connectivity index (χ1n) is 6.37. The molecule has 0 spiro atoms. The van der Waals surface area contributed by atoms with Crippen LogP contribution in [0.1, 0.15) is 11.1 Å². The van der Waals surface area contributed by atoms with Crippen molar-refractivity contribution in [3.8, 4) is 5.75 Å². The van der Waals surface area contributed by atoms with E-state index < -0.39 is 11.6 Å². The van der Waals surface area contributed by atoms with Gasteiger partial charge < -0.3 is 10.1 Å². The van der Waals surface area contributed by atoms with Crippen LogP contribution in [0.15, 0.2) is 33.2 Å². The molecule has 0 bridgehead atoms. The van der Waals surface area contributed by atoms with Gasteiger partial charge in [0.25, 0.3) is 0 Å². The second-order valence-electron chi connectivity index (χ2n) is 4.75. The van der Waals surface area contributed by atoms with E-state index >= 15 is 0 Å². The minimum absolute atomic E-state index is 0.109.